The van der Waals surface area contributed by atoms with Gasteiger partial charge in [-0.3, -0.25) is 9.59 Å². The van der Waals surface area contributed by atoms with Crippen LogP contribution >= 0.6 is 0 Å². The van der Waals surface area contributed by atoms with E-state index in [-0.39, 0.29) is 5.95 Å². The van der Waals surface area contributed by atoms with E-state index in [1.54, 1.807) is 19.2 Å². The molecule has 2 amide bonds. The van der Waals surface area contributed by atoms with E-state index in [1.165, 1.54) is 18.5 Å². The molecule has 0 spiro atoms. The number of para-hydroxylation sites is 1. The lowest BCUT2D eigenvalue weighted by Crippen LogP contribution is -2.35. The average molecular weight is 350 g/mol. The van der Waals surface area contributed by atoms with E-state index >= 15 is 0 Å². The lowest BCUT2D eigenvalue weighted by molar-refractivity contribution is -0.124. The molecule has 26 heavy (non-hydrogen) atoms. The molecule has 3 rings (SSSR count). The largest absolute Gasteiger partial charge is 0.497 e. The zero-order valence-electron chi connectivity index (χ0n) is 14.7. The number of anilines is 1. The number of benzene rings is 2. The number of hydrogen-bond donors (Lipinski definition) is 0. The van der Waals surface area contributed by atoms with Crippen LogP contribution in [0.2, 0.25) is 0 Å². The van der Waals surface area contributed by atoms with Crippen LogP contribution in [-0.4, -0.2) is 33.7 Å². The summed E-state index contributed by atoms with van der Waals surface area (Å²) in [5, 5.41) is 4.51. The SMILES string of the molecule is COc1ccc(-c2nc(N(C(C)=O)C(C)=O)n(-c3ccccc3)n2)cc1. The van der Waals surface area contributed by atoms with Crippen LogP contribution in [0.3, 0.4) is 0 Å². The minimum absolute atomic E-state index is 0.155. The van der Waals surface area contributed by atoms with Crippen LogP contribution in [0.5, 0.6) is 5.75 Å². The third-order valence-electron chi connectivity index (χ3n) is 3.77. The number of amides is 2. The summed E-state index contributed by atoms with van der Waals surface area (Å²) in [5.41, 5.74) is 1.44. The van der Waals surface area contributed by atoms with E-state index in [2.05, 4.69) is 10.1 Å². The van der Waals surface area contributed by atoms with Crippen LogP contribution in [0, 0.1) is 0 Å². The molecule has 0 bridgehead atoms. The highest BCUT2D eigenvalue weighted by atomic mass is 16.5. The highest BCUT2D eigenvalue weighted by Crippen LogP contribution is 2.25. The van der Waals surface area contributed by atoms with Crippen molar-refractivity contribution in [2.45, 2.75) is 13.8 Å². The summed E-state index contributed by atoms with van der Waals surface area (Å²) in [4.78, 5) is 29.5. The summed E-state index contributed by atoms with van der Waals surface area (Å²) in [6, 6.07) is 16.5. The van der Waals surface area contributed by atoms with Gasteiger partial charge in [0.1, 0.15) is 5.75 Å². The number of methoxy groups -OCH3 is 1. The third-order valence-corrected chi connectivity index (χ3v) is 3.77. The molecular formula is C19H18N4O3. The molecule has 0 saturated heterocycles. The van der Waals surface area contributed by atoms with Gasteiger partial charge >= 0.3 is 0 Å². The monoisotopic (exact) mass is 350 g/mol. The normalized spacial score (nSPS) is 10.4. The van der Waals surface area contributed by atoms with Crippen molar-refractivity contribution < 1.29 is 14.3 Å². The Kier molecular flexibility index (Phi) is 4.79. The molecule has 0 fully saturated rings. The maximum Gasteiger partial charge on any atom is 0.243 e. The lowest BCUT2D eigenvalue weighted by atomic mass is 10.2. The van der Waals surface area contributed by atoms with E-state index in [0.29, 0.717) is 17.3 Å². The lowest BCUT2D eigenvalue weighted by Gasteiger charge is -2.16. The minimum atomic E-state index is -0.427. The fourth-order valence-electron chi connectivity index (χ4n) is 2.56. The molecule has 0 saturated carbocycles. The number of carbonyl (C=O) groups is 2. The van der Waals surface area contributed by atoms with Gasteiger partial charge in [-0.05, 0) is 36.4 Å². The van der Waals surface area contributed by atoms with Crippen molar-refractivity contribution in [1.29, 1.82) is 0 Å². The molecule has 0 radical (unpaired) electrons. The first-order chi connectivity index (χ1) is 12.5. The number of ether oxygens (including phenoxy) is 1. The van der Waals surface area contributed by atoms with Crippen molar-refractivity contribution in [3.05, 3.63) is 54.6 Å². The predicted molar refractivity (Wildman–Crippen MR) is 97.2 cm³/mol. The Labute approximate surface area is 150 Å². The number of rotatable bonds is 4. The smallest absolute Gasteiger partial charge is 0.243 e. The maximum absolute atomic E-state index is 12.0. The number of aromatic nitrogens is 3. The van der Waals surface area contributed by atoms with E-state index in [0.717, 1.165) is 10.5 Å². The minimum Gasteiger partial charge on any atom is -0.497 e. The van der Waals surface area contributed by atoms with E-state index in [4.69, 9.17) is 4.74 Å². The fourth-order valence-corrected chi connectivity index (χ4v) is 2.56. The molecule has 1 heterocycles. The van der Waals surface area contributed by atoms with E-state index < -0.39 is 11.8 Å². The van der Waals surface area contributed by atoms with E-state index in [9.17, 15) is 9.59 Å². The molecule has 7 heteroatoms. The van der Waals surface area contributed by atoms with Gasteiger partial charge in [0.15, 0.2) is 5.82 Å². The standard InChI is InChI=1S/C19H18N4O3/c1-13(24)22(14(2)25)19-20-18(15-9-11-17(26-3)12-10-15)21-23(19)16-7-5-4-6-8-16/h4-12H,1-3H3. The second-order valence-corrected chi connectivity index (χ2v) is 5.58. The molecule has 0 N–H and O–H groups in total. The highest BCUT2D eigenvalue weighted by molar-refractivity contribution is 6.12. The zero-order chi connectivity index (χ0) is 18.7. The van der Waals surface area contributed by atoms with Crippen molar-refractivity contribution in [2.75, 3.05) is 12.0 Å². The molecule has 0 unspecified atom stereocenters. The molecular weight excluding hydrogens is 332 g/mol. The first-order valence-corrected chi connectivity index (χ1v) is 7.99. The van der Waals surface area contributed by atoms with Gasteiger partial charge in [-0.1, -0.05) is 18.2 Å². The maximum atomic E-state index is 12.0. The van der Waals surface area contributed by atoms with Crippen LogP contribution in [0.4, 0.5) is 5.95 Å². The van der Waals surface area contributed by atoms with Crippen LogP contribution in [-0.2, 0) is 9.59 Å². The predicted octanol–water partition coefficient (Wildman–Crippen LogP) is 2.84. The van der Waals surface area contributed by atoms with Gasteiger partial charge in [-0.15, -0.1) is 5.10 Å². The highest BCUT2D eigenvalue weighted by Gasteiger charge is 2.25. The second kappa shape index (κ2) is 7.18. The number of carbonyl (C=O) groups excluding carboxylic acids is 2. The summed E-state index contributed by atoms with van der Waals surface area (Å²) >= 11 is 0. The number of nitrogens with zero attached hydrogens (tertiary/aromatic N) is 4. The molecule has 0 aliphatic heterocycles. The van der Waals surface area contributed by atoms with Crippen molar-refractivity contribution in [1.82, 2.24) is 14.8 Å². The van der Waals surface area contributed by atoms with E-state index in [1.807, 2.05) is 42.5 Å². The summed E-state index contributed by atoms with van der Waals surface area (Å²) in [7, 11) is 1.59. The molecule has 0 aliphatic carbocycles. The Hall–Kier alpha value is -3.48. The van der Waals surface area contributed by atoms with Crippen molar-refractivity contribution in [3.63, 3.8) is 0 Å². The molecule has 0 aliphatic rings. The topological polar surface area (TPSA) is 77.3 Å². The molecule has 2 aromatic carbocycles. The average Bonchev–Trinajstić information content (AvgIpc) is 3.06. The first kappa shape index (κ1) is 17.3. The summed E-state index contributed by atoms with van der Waals surface area (Å²) in [6.45, 7) is 2.64. The first-order valence-electron chi connectivity index (χ1n) is 7.99. The summed E-state index contributed by atoms with van der Waals surface area (Å²) in [5.74, 6) is 0.415. The number of hydrogen-bond acceptors (Lipinski definition) is 5. The Bertz CT molecular complexity index is 919. The van der Waals surface area contributed by atoms with Gasteiger partial charge in [-0.2, -0.15) is 9.67 Å². The van der Waals surface area contributed by atoms with Gasteiger partial charge < -0.3 is 4.74 Å². The van der Waals surface area contributed by atoms with Crippen molar-refractivity contribution in [2.24, 2.45) is 0 Å². The molecule has 3 aromatic rings. The second-order valence-electron chi connectivity index (χ2n) is 5.58. The quantitative estimate of drug-likeness (QED) is 0.723. The molecule has 7 nitrogen and oxygen atoms in total. The summed E-state index contributed by atoms with van der Waals surface area (Å²) in [6.07, 6.45) is 0. The zero-order valence-corrected chi connectivity index (χ0v) is 14.7. The van der Waals surface area contributed by atoms with Gasteiger partial charge in [0.05, 0.1) is 12.8 Å². The van der Waals surface area contributed by atoms with Crippen LogP contribution in [0.25, 0.3) is 17.1 Å². The number of imide groups is 1. The van der Waals surface area contributed by atoms with Gasteiger partial charge in [0, 0.05) is 19.4 Å². The Morgan fingerprint density at radius 2 is 1.58 bits per heavy atom. The Balaban J connectivity index is 2.16. The van der Waals surface area contributed by atoms with Gasteiger partial charge in [0.25, 0.3) is 0 Å². The Morgan fingerprint density at radius 1 is 0.962 bits per heavy atom. The van der Waals surface area contributed by atoms with Crippen molar-refractivity contribution >= 4 is 17.8 Å². The van der Waals surface area contributed by atoms with Crippen molar-refractivity contribution in [3.8, 4) is 22.8 Å². The molecule has 0 atom stereocenters. The Morgan fingerprint density at radius 3 is 2.12 bits per heavy atom. The van der Waals surface area contributed by atoms with Crippen LogP contribution in [0.1, 0.15) is 13.8 Å². The molecule has 132 valence electrons. The fraction of sp³-hybridized carbons (Fsp3) is 0.158. The van der Waals surface area contributed by atoms with Gasteiger partial charge in [0.2, 0.25) is 17.8 Å². The third kappa shape index (κ3) is 3.32. The van der Waals surface area contributed by atoms with Crippen LogP contribution in [0.15, 0.2) is 54.6 Å². The van der Waals surface area contributed by atoms with Crippen LogP contribution < -0.4 is 9.64 Å². The van der Waals surface area contributed by atoms with Gasteiger partial charge in [-0.25, -0.2) is 4.90 Å². The summed E-state index contributed by atoms with van der Waals surface area (Å²) < 4.78 is 6.65. The molecule has 1 aromatic heterocycles.